The van der Waals surface area contributed by atoms with Crippen molar-refractivity contribution >= 4 is 22.5 Å². The molecule has 0 aliphatic rings. The Balaban J connectivity index is 2.16. The number of halogens is 1. The first kappa shape index (κ1) is 18.1. The van der Waals surface area contributed by atoms with E-state index in [4.69, 9.17) is 0 Å². The fraction of sp³-hybridized carbons (Fsp3) is 0.333. The van der Waals surface area contributed by atoms with Crippen LogP contribution in [0.25, 0.3) is 10.9 Å². The van der Waals surface area contributed by atoms with Crippen LogP contribution in [0.4, 0.5) is 10.1 Å². The summed E-state index contributed by atoms with van der Waals surface area (Å²) in [5.41, 5.74) is 4.96. The molecule has 5 heteroatoms. The molecule has 0 atom stereocenters. The number of carbonyl (C=O) groups excluding carboxylic acids is 1. The number of anilines is 1. The molecule has 2 heterocycles. The number of nitrogens with zero attached hydrogens (tertiary/aromatic N) is 3. The van der Waals surface area contributed by atoms with Crippen molar-refractivity contribution < 1.29 is 9.18 Å². The van der Waals surface area contributed by atoms with E-state index in [2.05, 4.69) is 23.4 Å². The van der Waals surface area contributed by atoms with E-state index >= 15 is 0 Å². The van der Waals surface area contributed by atoms with Gasteiger partial charge < -0.3 is 9.47 Å². The van der Waals surface area contributed by atoms with Crippen LogP contribution in [0.5, 0.6) is 0 Å². The van der Waals surface area contributed by atoms with Gasteiger partial charge in [0.2, 0.25) is 5.91 Å². The second-order valence-electron chi connectivity index (χ2n) is 7.03. The van der Waals surface area contributed by atoms with E-state index in [1.807, 2.05) is 27.1 Å². The summed E-state index contributed by atoms with van der Waals surface area (Å²) in [6.07, 6.45) is 3.59. The number of carbonyl (C=O) groups is 1. The fourth-order valence-electron chi connectivity index (χ4n) is 3.25. The van der Waals surface area contributed by atoms with Gasteiger partial charge in [-0.3, -0.25) is 9.78 Å². The monoisotopic (exact) mass is 353 g/mol. The van der Waals surface area contributed by atoms with Crippen molar-refractivity contribution in [2.24, 2.45) is 13.0 Å². The molecule has 3 rings (SSSR count). The van der Waals surface area contributed by atoms with Gasteiger partial charge in [-0.1, -0.05) is 26.0 Å². The summed E-state index contributed by atoms with van der Waals surface area (Å²) in [7, 11) is 2.00. The molecule has 0 saturated carbocycles. The van der Waals surface area contributed by atoms with Gasteiger partial charge in [-0.15, -0.1) is 0 Å². The highest BCUT2D eigenvalue weighted by Gasteiger charge is 2.24. The first-order chi connectivity index (χ1) is 12.3. The van der Waals surface area contributed by atoms with Crippen molar-refractivity contribution in [1.82, 2.24) is 9.55 Å². The summed E-state index contributed by atoms with van der Waals surface area (Å²) in [6, 6.07) is 6.27. The van der Waals surface area contributed by atoms with Gasteiger partial charge in [-0.05, 0) is 37.1 Å². The minimum atomic E-state index is -0.284. The molecule has 1 aromatic carbocycles. The average molecular weight is 353 g/mol. The first-order valence-corrected chi connectivity index (χ1v) is 8.76. The lowest BCUT2D eigenvalue weighted by molar-refractivity contribution is -0.121. The van der Waals surface area contributed by atoms with E-state index in [-0.39, 0.29) is 17.6 Å². The number of pyridine rings is 1. The quantitative estimate of drug-likeness (QED) is 0.692. The number of amides is 1. The Morgan fingerprint density at radius 1 is 1.19 bits per heavy atom. The molecule has 2 aromatic heterocycles. The second kappa shape index (κ2) is 6.90. The minimum absolute atomic E-state index is 0.0140. The Bertz CT molecular complexity index is 958. The number of benzene rings is 1. The van der Waals surface area contributed by atoms with Crippen LogP contribution in [0, 0.1) is 25.6 Å². The van der Waals surface area contributed by atoms with Crippen molar-refractivity contribution in [1.29, 1.82) is 0 Å². The Kier molecular flexibility index (Phi) is 4.81. The van der Waals surface area contributed by atoms with Crippen molar-refractivity contribution in [3.63, 3.8) is 0 Å². The molecule has 0 radical (unpaired) electrons. The Morgan fingerprint density at radius 2 is 1.85 bits per heavy atom. The zero-order chi connectivity index (χ0) is 19.0. The fourth-order valence-corrected chi connectivity index (χ4v) is 3.25. The number of aromatic nitrogens is 2. The molecule has 136 valence electrons. The molecule has 0 aliphatic heterocycles. The van der Waals surface area contributed by atoms with Crippen LogP contribution in [0.1, 0.15) is 30.7 Å². The summed E-state index contributed by atoms with van der Waals surface area (Å²) in [4.78, 5) is 19.1. The maximum Gasteiger partial charge on any atom is 0.229 e. The maximum atomic E-state index is 13.2. The average Bonchev–Trinajstić information content (AvgIpc) is 2.85. The molecule has 0 saturated heterocycles. The number of hydrogen-bond donors (Lipinski definition) is 0. The first-order valence-electron chi connectivity index (χ1n) is 8.76. The molecule has 0 spiro atoms. The van der Waals surface area contributed by atoms with Crippen LogP contribution >= 0.6 is 0 Å². The molecule has 3 aromatic rings. The van der Waals surface area contributed by atoms with Crippen LogP contribution in [-0.2, 0) is 18.4 Å². The number of aryl methyl sites for hydroxylation is 2. The maximum absolute atomic E-state index is 13.2. The molecule has 4 nitrogen and oxygen atoms in total. The predicted molar refractivity (Wildman–Crippen MR) is 103 cm³/mol. The number of fused-ring (bicyclic) bond motifs is 1. The van der Waals surface area contributed by atoms with Crippen LogP contribution in [0.3, 0.4) is 0 Å². The highest BCUT2D eigenvalue weighted by atomic mass is 19.1. The van der Waals surface area contributed by atoms with E-state index in [0.717, 1.165) is 33.4 Å². The molecular formula is C21H24FN3O. The second-order valence-corrected chi connectivity index (χ2v) is 7.03. The highest BCUT2D eigenvalue weighted by molar-refractivity contribution is 6.03. The lowest BCUT2D eigenvalue weighted by Crippen LogP contribution is -2.34. The third-order valence-corrected chi connectivity index (χ3v) is 4.99. The minimum Gasteiger partial charge on any atom is -0.346 e. The van der Waals surface area contributed by atoms with Gasteiger partial charge in [0.1, 0.15) is 5.82 Å². The lowest BCUT2D eigenvalue weighted by Gasteiger charge is -2.26. The summed E-state index contributed by atoms with van der Waals surface area (Å²) < 4.78 is 15.4. The SMILES string of the molecule is Cc1c(C)n(C)c2c(N(Cc3ccc(F)cc3)C(=O)C(C)C)cncc12. The van der Waals surface area contributed by atoms with E-state index in [0.29, 0.717) is 6.54 Å². The highest BCUT2D eigenvalue weighted by Crippen LogP contribution is 2.32. The molecule has 0 bridgehead atoms. The smallest absolute Gasteiger partial charge is 0.229 e. The van der Waals surface area contributed by atoms with Crippen LogP contribution in [-0.4, -0.2) is 15.5 Å². The van der Waals surface area contributed by atoms with Crippen molar-refractivity contribution in [3.05, 3.63) is 59.3 Å². The summed E-state index contributed by atoms with van der Waals surface area (Å²) in [5, 5.41) is 1.04. The molecule has 0 aliphatic carbocycles. The van der Waals surface area contributed by atoms with Crippen LogP contribution < -0.4 is 4.90 Å². The van der Waals surface area contributed by atoms with Gasteiger partial charge in [0.15, 0.2) is 0 Å². The Labute approximate surface area is 153 Å². The third-order valence-electron chi connectivity index (χ3n) is 4.99. The summed E-state index contributed by atoms with van der Waals surface area (Å²) in [5.74, 6) is -0.429. The van der Waals surface area contributed by atoms with Crippen molar-refractivity contribution in [2.45, 2.75) is 34.2 Å². The topological polar surface area (TPSA) is 38.1 Å². The van der Waals surface area contributed by atoms with Crippen molar-refractivity contribution in [2.75, 3.05) is 4.90 Å². The summed E-state index contributed by atoms with van der Waals surface area (Å²) in [6.45, 7) is 8.27. The number of hydrogen-bond acceptors (Lipinski definition) is 2. The predicted octanol–water partition coefficient (Wildman–Crippen LogP) is 4.52. The number of rotatable bonds is 4. The normalized spacial score (nSPS) is 11.3. The summed E-state index contributed by atoms with van der Waals surface area (Å²) >= 11 is 0. The Hall–Kier alpha value is -2.69. The van der Waals surface area contributed by atoms with E-state index in [1.54, 1.807) is 23.2 Å². The molecule has 0 N–H and O–H groups in total. The largest absolute Gasteiger partial charge is 0.346 e. The molecule has 1 amide bonds. The lowest BCUT2D eigenvalue weighted by atomic mass is 10.1. The van der Waals surface area contributed by atoms with E-state index in [1.165, 1.54) is 12.1 Å². The Morgan fingerprint density at radius 3 is 2.46 bits per heavy atom. The van der Waals surface area contributed by atoms with E-state index < -0.39 is 0 Å². The third kappa shape index (κ3) is 3.09. The van der Waals surface area contributed by atoms with Gasteiger partial charge in [0, 0.05) is 30.2 Å². The van der Waals surface area contributed by atoms with Crippen LogP contribution in [0.15, 0.2) is 36.7 Å². The molecule has 0 unspecified atom stereocenters. The van der Waals surface area contributed by atoms with Gasteiger partial charge in [0.05, 0.1) is 23.9 Å². The molecular weight excluding hydrogens is 329 g/mol. The van der Waals surface area contributed by atoms with E-state index in [9.17, 15) is 9.18 Å². The molecule has 0 fully saturated rings. The van der Waals surface area contributed by atoms with Gasteiger partial charge in [0.25, 0.3) is 0 Å². The van der Waals surface area contributed by atoms with Crippen molar-refractivity contribution in [3.8, 4) is 0 Å². The standard InChI is InChI=1S/C21H24FN3O/c1-13(2)21(26)25(12-16-6-8-17(22)9-7-16)19-11-23-10-18-14(3)15(4)24(5)20(18)19/h6-11,13H,12H2,1-5H3. The zero-order valence-electron chi connectivity index (χ0n) is 15.9. The molecule has 26 heavy (non-hydrogen) atoms. The van der Waals surface area contributed by atoms with Gasteiger partial charge >= 0.3 is 0 Å². The zero-order valence-corrected chi connectivity index (χ0v) is 15.9. The van der Waals surface area contributed by atoms with Gasteiger partial charge in [-0.2, -0.15) is 0 Å². The van der Waals surface area contributed by atoms with Crippen LogP contribution in [0.2, 0.25) is 0 Å². The van der Waals surface area contributed by atoms with Gasteiger partial charge in [-0.25, -0.2) is 4.39 Å².